The first kappa shape index (κ1) is 39.9. The molecule has 2 heterocycles. The van der Waals surface area contributed by atoms with Gasteiger partial charge in [0.2, 0.25) is 0 Å². The summed E-state index contributed by atoms with van der Waals surface area (Å²) < 4.78 is 28.9. The molecule has 1 aliphatic rings. The van der Waals surface area contributed by atoms with E-state index in [4.69, 9.17) is 23.7 Å². The quantitative estimate of drug-likeness (QED) is 0.0572. The normalized spacial score (nSPS) is 17.3. The van der Waals surface area contributed by atoms with Gasteiger partial charge in [0.05, 0.1) is 25.9 Å². The minimum atomic E-state index is -0.596. The Hall–Kier alpha value is -5.25. The van der Waals surface area contributed by atoms with E-state index in [2.05, 4.69) is 29.3 Å². The molecule has 0 spiro atoms. The number of aromatic hydroxyl groups is 1. The number of hydrogen-bond acceptors (Lipinski definition) is 9. The van der Waals surface area contributed by atoms with Crippen LogP contribution in [0.15, 0.2) is 116 Å². The maximum Gasteiger partial charge on any atom is 0.306 e. The summed E-state index contributed by atoms with van der Waals surface area (Å²) in [6.45, 7) is 5.25. The first-order valence-corrected chi connectivity index (χ1v) is 18.9. The van der Waals surface area contributed by atoms with Gasteiger partial charge in [0.25, 0.3) is 0 Å². The Bertz CT molecular complexity index is 1800. The van der Waals surface area contributed by atoms with Crippen molar-refractivity contribution in [2.75, 3.05) is 19.8 Å². The number of phenolic OH excluding ortho intramolecular Hbond substituents is 1. The highest BCUT2D eigenvalue weighted by molar-refractivity contribution is 5.79. The van der Waals surface area contributed by atoms with Crippen molar-refractivity contribution < 1.29 is 38.4 Å². The van der Waals surface area contributed by atoms with Gasteiger partial charge in [-0.1, -0.05) is 78.9 Å². The van der Waals surface area contributed by atoms with Gasteiger partial charge in [-0.15, -0.1) is 0 Å². The van der Waals surface area contributed by atoms with Gasteiger partial charge in [-0.25, -0.2) is 0 Å². The van der Waals surface area contributed by atoms with E-state index >= 15 is 0 Å². The van der Waals surface area contributed by atoms with Crippen LogP contribution in [0.1, 0.15) is 99.0 Å². The van der Waals surface area contributed by atoms with Crippen molar-refractivity contribution in [2.45, 2.75) is 77.8 Å². The Kier molecular flexibility index (Phi) is 15.9. The fourth-order valence-corrected chi connectivity index (χ4v) is 6.31. The first-order valence-electron chi connectivity index (χ1n) is 18.9. The molecule has 9 nitrogen and oxygen atoms in total. The van der Waals surface area contributed by atoms with Gasteiger partial charge in [-0.2, -0.15) is 0 Å². The number of benzene rings is 3. The van der Waals surface area contributed by atoms with E-state index < -0.39 is 6.29 Å². The number of esters is 2. The molecule has 54 heavy (non-hydrogen) atoms. The molecule has 0 bridgehead atoms. The van der Waals surface area contributed by atoms with Crippen LogP contribution in [-0.2, 0) is 35.1 Å². The molecule has 4 aromatic rings. The Morgan fingerprint density at radius 1 is 0.833 bits per heavy atom. The van der Waals surface area contributed by atoms with Crippen molar-refractivity contribution in [3.63, 3.8) is 0 Å². The van der Waals surface area contributed by atoms with Crippen LogP contribution in [-0.4, -0.2) is 41.8 Å². The molecule has 284 valence electrons. The van der Waals surface area contributed by atoms with E-state index in [-0.39, 0.29) is 29.7 Å². The van der Waals surface area contributed by atoms with Crippen molar-refractivity contribution in [3.05, 3.63) is 143 Å². The van der Waals surface area contributed by atoms with Crippen molar-refractivity contribution in [2.24, 2.45) is 5.92 Å². The number of hydrogen-bond donors (Lipinski definition) is 1. The van der Waals surface area contributed by atoms with Crippen LogP contribution < -0.4 is 4.74 Å². The molecule has 1 aliphatic heterocycles. The fraction of sp³-hybridized carbons (Fsp3) is 0.356. The second kappa shape index (κ2) is 21.5. The molecule has 0 aliphatic carbocycles. The standard InChI is InChI=1S/C45H51NO8/c1-3-50-42(48)19-9-5-7-14-37-32-53-45(54-44(37)40-17-11-12-18-41(40)47)35-23-21-33(22-24-35)31-52-38-27-25-34(26-28-38)39(36-15-13-29-46-30-36)16-8-6-10-20-43(49)51-4-2/h5,7,11-13,15-18,21-30,37,44-45,47H,3-4,6,8-10,14,19-20,31-32H2,1-2H3/b7-5-,39-16+/t37-,44+,45+/m1/s1. The summed E-state index contributed by atoms with van der Waals surface area (Å²) >= 11 is 0. The van der Waals surface area contributed by atoms with Gasteiger partial charge in [-0.05, 0) is 86.9 Å². The first-order chi connectivity index (χ1) is 26.4. The molecule has 5 rings (SSSR count). The summed E-state index contributed by atoms with van der Waals surface area (Å²) in [7, 11) is 0. The van der Waals surface area contributed by atoms with E-state index in [0.717, 1.165) is 58.4 Å². The minimum Gasteiger partial charge on any atom is -0.508 e. The Labute approximate surface area is 318 Å². The maximum atomic E-state index is 11.7. The Balaban J connectivity index is 1.17. The van der Waals surface area contributed by atoms with Gasteiger partial charge in [0.1, 0.15) is 18.1 Å². The molecule has 1 saturated heterocycles. The number of allylic oxidation sites excluding steroid dienone is 3. The van der Waals surface area contributed by atoms with Gasteiger partial charge >= 0.3 is 11.9 Å². The molecule has 3 aromatic carbocycles. The number of aromatic nitrogens is 1. The zero-order chi connectivity index (χ0) is 38.0. The average molecular weight is 734 g/mol. The lowest BCUT2D eigenvalue weighted by atomic mass is 9.91. The highest BCUT2D eigenvalue weighted by Gasteiger charge is 2.34. The van der Waals surface area contributed by atoms with Gasteiger partial charge < -0.3 is 28.8 Å². The number of pyridine rings is 1. The molecule has 1 aromatic heterocycles. The molecule has 9 heteroatoms. The van der Waals surface area contributed by atoms with E-state index in [1.165, 1.54) is 0 Å². The van der Waals surface area contributed by atoms with Gasteiger partial charge in [-0.3, -0.25) is 14.6 Å². The summed E-state index contributed by atoms with van der Waals surface area (Å²) in [4.78, 5) is 27.7. The summed E-state index contributed by atoms with van der Waals surface area (Å²) in [6, 6.07) is 27.3. The molecule has 0 radical (unpaired) electrons. The minimum absolute atomic E-state index is 0.0220. The van der Waals surface area contributed by atoms with Crippen molar-refractivity contribution in [1.82, 2.24) is 4.98 Å². The molecular formula is C45H51NO8. The lowest BCUT2D eigenvalue weighted by molar-refractivity contribution is -0.244. The fourth-order valence-electron chi connectivity index (χ4n) is 6.31. The van der Waals surface area contributed by atoms with Crippen LogP contribution >= 0.6 is 0 Å². The number of para-hydroxylation sites is 1. The number of nitrogens with zero attached hydrogens (tertiary/aromatic N) is 1. The highest BCUT2D eigenvalue weighted by Crippen LogP contribution is 2.42. The number of rotatable bonds is 19. The second-order valence-corrected chi connectivity index (χ2v) is 13.1. The average Bonchev–Trinajstić information content (AvgIpc) is 3.20. The monoisotopic (exact) mass is 733 g/mol. The third-order valence-corrected chi connectivity index (χ3v) is 9.11. The van der Waals surface area contributed by atoms with Crippen LogP contribution in [0.3, 0.4) is 0 Å². The Morgan fingerprint density at radius 3 is 2.31 bits per heavy atom. The van der Waals surface area contributed by atoms with Crippen LogP contribution in [0.2, 0.25) is 0 Å². The zero-order valence-electron chi connectivity index (χ0n) is 31.2. The summed E-state index contributed by atoms with van der Waals surface area (Å²) in [5.74, 6) is 0.573. The largest absolute Gasteiger partial charge is 0.508 e. The van der Waals surface area contributed by atoms with Crippen molar-refractivity contribution in [3.8, 4) is 11.5 Å². The third-order valence-electron chi connectivity index (χ3n) is 9.11. The topological polar surface area (TPSA) is 113 Å². The summed E-state index contributed by atoms with van der Waals surface area (Å²) in [5, 5.41) is 10.7. The molecule has 1 fully saturated rings. The van der Waals surface area contributed by atoms with Crippen LogP contribution in [0.4, 0.5) is 0 Å². The number of phenols is 1. The number of carbonyl (C=O) groups is 2. The van der Waals surface area contributed by atoms with E-state index in [1.54, 1.807) is 25.3 Å². The lowest BCUT2D eigenvalue weighted by Crippen LogP contribution is -2.30. The SMILES string of the molecule is CCOC(=O)CC/C=C\C[C@@H]1CO[C@H](c2ccc(COc3ccc(/C(=C\CCCCC(=O)OCC)c4cccnc4)cc3)cc2)O[C@@H]1c1ccccc1O. The Morgan fingerprint density at radius 2 is 1.59 bits per heavy atom. The number of carbonyl (C=O) groups excluding carboxylic acids is 2. The molecule has 0 unspecified atom stereocenters. The summed E-state index contributed by atoms with van der Waals surface area (Å²) in [6.07, 6.45) is 13.4. The highest BCUT2D eigenvalue weighted by atomic mass is 16.7. The third kappa shape index (κ3) is 12.1. The van der Waals surface area contributed by atoms with Crippen LogP contribution in [0.5, 0.6) is 11.5 Å². The van der Waals surface area contributed by atoms with E-state index in [9.17, 15) is 14.7 Å². The van der Waals surface area contributed by atoms with Crippen molar-refractivity contribution in [1.29, 1.82) is 0 Å². The molecular weight excluding hydrogens is 682 g/mol. The smallest absolute Gasteiger partial charge is 0.306 e. The van der Waals surface area contributed by atoms with Crippen molar-refractivity contribution >= 4 is 17.5 Å². The number of ether oxygens (including phenoxy) is 5. The zero-order valence-corrected chi connectivity index (χ0v) is 31.2. The van der Waals surface area contributed by atoms with Crippen LogP contribution in [0.25, 0.3) is 5.57 Å². The predicted octanol–water partition coefficient (Wildman–Crippen LogP) is 9.61. The van der Waals surface area contributed by atoms with E-state index in [0.29, 0.717) is 52.1 Å². The molecule has 3 atom stereocenters. The van der Waals surface area contributed by atoms with Crippen LogP contribution in [0, 0.1) is 5.92 Å². The lowest BCUT2D eigenvalue weighted by Gasteiger charge is -2.37. The predicted molar refractivity (Wildman–Crippen MR) is 207 cm³/mol. The second-order valence-electron chi connectivity index (χ2n) is 13.1. The summed E-state index contributed by atoms with van der Waals surface area (Å²) in [5.41, 5.74) is 5.78. The number of unbranched alkanes of at least 4 members (excludes halogenated alkanes) is 2. The maximum absolute atomic E-state index is 11.7. The van der Waals surface area contributed by atoms with Gasteiger partial charge in [0, 0.05) is 47.8 Å². The molecule has 0 saturated carbocycles. The van der Waals surface area contributed by atoms with E-state index in [1.807, 2.05) is 79.9 Å². The molecule has 0 amide bonds. The van der Waals surface area contributed by atoms with Gasteiger partial charge in [0.15, 0.2) is 6.29 Å². The molecule has 1 N–H and O–H groups in total.